The summed E-state index contributed by atoms with van der Waals surface area (Å²) in [5.74, 6) is 0. The summed E-state index contributed by atoms with van der Waals surface area (Å²) < 4.78 is 15.5. The zero-order valence-corrected chi connectivity index (χ0v) is 13.2. The molecule has 0 aliphatic heterocycles. The summed E-state index contributed by atoms with van der Waals surface area (Å²) in [7, 11) is 3.14. The van der Waals surface area contributed by atoms with Gasteiger partial charge in [0.1, 0.15) is 5.60 Å². The lowest BCUT2D eigenvalue weighted by molar-refractivity contribution is -0.0913. The first kappa shape index (κ1) is 17.3. The number of amides is 1. The van der Waals surface area contributed by atoms with E-state index in [0.29, 0.717) is 12.2 Å². The number of rotatable bonds is 6. The zero-order chi connectivity index (χ0) is 15.9. The van der Waals surface area contributed by atoms with Crippen LogP contribution in [0.5, 0.6) is 0 Å². The van der Waals surface area contributed by atoms with Crippen LogP contribution >= 0.6 is 0 Å². The lowest BCUT2D eigenvalue weighted by Crippen LogP contribution is -2.28. The van der Waals surface area contributed by atoms with Gasteiger partial charge in [0.15, 0.2) is 6.29 Å². The maximum absolute atomic E-state index is 11.8. The van der Waals surface area contributed by atoms with Crippen molar-refractivity contribution in [3.05, 3.63) is 24.3 Å². The molecule has 1 amide bonds. The van der Waals surface area contributed by atoms with Gasteiger partial charge in [-0.15, -0.1) is 0 Å². The first-order valence-electron chi connectivity index (χ1n) is 6.74. The van der Waals surface area contributed by atoms with Crippen LogP contribution in [0.15, 0.2) is 24.3 Å². The van der Waals surface area contributed by atoms with E-state index in [1.54, 1.807) is 20.3 Å². The molecule has 2 N–H and O–H groups in total. The minimum absolute atomic E-state index is 0.361. The fraction of sp³-hybridized carbons (Fsp3) is 0.533. The van der Waals surface area contributed by atoms with Gasteiger partial charge in [-0.1, -0.05) is 12.1 Å². The topological polar surface area (TPSA) is 68.8 Å². The molecule has 0 radical (unpaired) electrons. The van der Waals surface area contributed by atoms with E-state index in [9.17, 15) is 4.79 Å². The summed E-state index contributed by atoms with van der Waals surface area (Å²) in [6.07, 6.45) is -0.855. The number of carbonyl (C=O) groups excluding carboxylic acids is 1. The maximum Gasteiger partial charge on any atom is 0.412 e. The van der Waals surface area contributed by atoms with Gasteiger partial charge in [0.25, 0.3) is 0 Å². The van der Waals surface area contributed by atoms with E-state index in [2.05, 4.69) is 10.6 Å². The Morgan fingerprint density at radius 3 is 2.24 bits per heavy atom. The molecule has 0 heterocycles. The van der Waals surface area contributed by atoms with Gasteiger partial charge in [0.2, 0.25) is 0 Å². The zero-order valence-electron chi connectivity index (χ0n) is 13.2. The van der Waals surface area contributed by atoms with Crippen molar-refractivity contribution in [1.82, 2.24) is 0 Å². The number of carbonyl (C=O) groups is 1. The molecule has 0 unspecified atom stereocenters. The quantitative estimate of drug-likeness (QED) is 0.790. The predicted octanol–water partition coefficient (Wildman–Crippen LogP) is 3.06. The largest absolute Gasteiger partial charge is 0.444 e. The monoisotopic (exact) mass is 296 g/mol. The van der Waals surface area contributed by atoms with Crippen molar-refractivity contribution in [1.29, 1.82) is 0 Å². The van der Waals surface area contributed by atoms with Crippen molar-refractivity contribution in [2.24, 2.45) is 0 Å². The van der Waals surface area contributed by atoms with Crippen molar-refractivity contribution in [2.75, 3.05) is 31.4 Å². The average Bonchev–Trinajstić information content (AvgIpc) is 2.39. The Morgan fingerprint density at radius 1 is 1.14 bits per heavy atom. The Hall–Kier alpha value is -1.79. The van der Waals surface area contributed by atoms with Gasteiger partial charge >= 0.3 is 6.09 Å². The van der Waals surface area contributed by atoms with Crippen LogP contribution < -0.4 is 10.6 Å². The lowest BCUT2D eigenvalue weighted by Gasteiger charge is -2.21. The summed E-state index contributed by atoms with van der Waals surface area (Å²) in [5, 5.41) is 5.88. The molecule has 0 aliphatic carbocycles. The van der Waals surface area contributed by atoms with Crippen LogP contribution in [0.25, 0.3) is 0 Å². The third-order valence-corrected chi connectivity index (χ3v) is 2.55. The van der Waals surface area contributed by atoms with Gasteiger partial charge in [-0.2, -0.15) is 0 Å². The highest BCUT2D eigenvalue weighted by Gasteiger charge is 2.17. The van der Waals surface area contributed by atoms with Crippen LogP contribution in [-0.2, 0) is 14.2 Å². The molecular weight excluding hydrogens is 272 g/mol. The molecule has 0 bridgehead atoms. The van der Waals surface area contributed by atoms with Gasteiger partial charge in [0, 0.05) is 14.2 Å². The van der Waals surface area contributed by atoms with Gasteiger partial charge in [0.05, 0.1) is 17.9 Å². The maximum atomic E-state index is 11.8. The smallest absolute Gasteiger partial charge is 0.412 e. The summed E-state index contributed by atoms with van der Waals surface area (Å²) in [5.41, 5.74) is 0.865. The van der Waals surface area contributed by atoms with E-state index in [0.717, 1.165) is 5.69 Å². The van der Waals surface area contributed by atoms with Crippen LogP contribution in [-0.4, -0.2) is 38.7 Å². The van der Waals surface area contributed by atoms with Crippen molar-refractivity contribution in [3.63, 3.8) is 0 Å². The Kier molecular flexibility index (Phi) is 6.45. The number of nitrogens with one attached hydrogen (secondary N) is 2. The highest BCUT2D eigenvalue weighted by molar-refractivity contribution is 5.89. The SMILES string of the molecule is COC(CNc1ccccc1NC(=O)OC(C)(C)C)OC. The molecule has 1 aromatic rings. The van der Waals surface area contributed by atoms with Crippen molar-refractivity contribution < 1.29 is 19.0 Å². The molecule has 6 heteroatoms. The standard InChI is InChI=1S/C15H24N2O4/c1-15(2,3)21-14(18)17-12-9-7-6-8-11(12)16-10-13(19-4)20-5/h6-9,13,16H,10H2,1-5H3,(H,17,18). The second kappa shape index (κ2) is 7.85. The minimum atomic E-state index is -0.538. The number of hydrogen-bond donors (Lipinski definition) is 2. The van der Waals surface area contributed by atoms with Gasteiger partial charge in [-0.25, -0.2) is 4.79 Å². The number of benzene rings is 1. The molecule has 0 saturated heterocycles. The minimum Gasteiger partial charge on any atom is -0.444 e. The molecule has 1 aromatic carbocycles. The fourth-order valence-electron chi connectivity index (χ4n) is 1.62. The van der Waals surface area contributed by atoms with Crippen molar-refractivity contribution in [3.8, 4) is 0 Å². The van der Waals surface area contributed by atoms with Gasteiger partial charge in [-0.05, 0) is 32.9 Å². The third-order valence-electron chi connectivity index (χ3n) is 2.55. The van der Waals surface area contributed by atoms with Crippen molar-refractivity contribution >= 4 is 17.5 Å². The van der Waals surface area contributed by atoms with Crippen LogP contribution in [0.4, 0.5) is 16.2 Å². The number of ether oxygens (including phenoxy) is 3. The average molecular weight is 296 g/mol. The van der Waals surface area contributed by atoms with E-state index in [4.69, 9.17) is 14.2 Å². The molecular formula is C15H24N2O4. The third kappa shape index (κ3) is 6.46. The normalized spacial score (nSPS) is 11.3. The van der Waals surface area contributed by atoms with Crippen LogP contribution in [0.1, 0.15) is 20.8 Å². The number of methoxy groups -OCH3 is 2. The predicted molar refractivity (Wildman–Crippen MR) is 82.6 cm³/mol. The van der Waals surface area contributed by atoms with Gasteiger partial charge < -0.3 is 19.5 Å². The summed E-state index contributed by atoms with van der Waals surface area (Å²) >= 11 is 0. The van der Waals surface area contributed by atoms with Crippen LogP contribution in [0.2, 0.25) is 0 Å². The molecule has 118 valence electrons. The van der Waals surface area contributed by atoms with Crippen molar-refractivity contribution in [2.45, 2.75) is 32.7 Å². The molecule has 0 aliphatic rings. The van der Waals surface area contributed by atoms with E-state index in [1.807, 2.05) is 39.0 Å². The van der Waals surface area contributed by atoms with E-state index >= 15 is 0 Å². The second-order valence-corrected chi connectivity index (χ2v) is 5.45. The molecule has 6 nitrogen and oxygen atoms in total. The summed E-state index contributed by atoms with van der Waals surface area (Å²) in [4.78, 5) is 11.8. The van der Waals surface area contributed by atoms with E-state index < -0.39 is 11.7 Å². The van der Waals surface area contributed by atoms with Gasteiger partial charge in [-0.3, -0.25) is 5.32 Å². The van der Waals surface area contributed by atoms with E-state index in [-0.39, 0.29) is 6.29 Å². The molecule has 0 saturated carbocycles. The Labute approximate surface area is 125 Å². The molecule has 0 aromatic heterocycles. The molecule has 0 spiro atoms. The Morgan fingerprint density at radius 2 is 1.71 bits per heavy atom. The molecule has 1 rings (SSSR count). The fourth-order valence-corrected chi connectivity index (χ4v) is 1.62. The highest BCUT2D eigenvalue weighted by Crippen LogP contribution is 2.22. The van der Waals surface area contributed by atoms with Crippen LogP contribution in [0.3, 0.4) is 0 Å². The van der Waals surface area contributed by atoms with E-state index in [1.165, 1.54) is 0 Å². The first-order valence-corrected chi connectivity index (χ1v) is 6.74. The number of anilines is 2. The molecule has 0 fully saturated rings. The first-order chi connectivity index (χ1) is 9.85. The highest BCUT2D eigenvalue weighted by atomic mass is 16.7. The molecule has 0 atom stereocenters. The second-order valence-electron chi connectivity index (χ2n) is 5.45. The lowest BCUT2D eigenvalue weighted by atomic mass is 10.2. The number of para-hydroxylation sites is 2. The Bertz CT molecular complexity index is 453. The summed E-state index contributed by atoms with van der Waals surface area (Å²) in [6.45, 7) is 5.91. The summed E-state index contributed by atoms with van der Waals surface area (Å²) in [6, 6.07) is 7.36. The Balaban J connectivity index is 2.68. The number of hydrogen-bond acceptors (Lipinski definition) is 5. The van der Waals surface area contributed by atoms with Crippen LogP contribution in [0, 0.1) is 0 Å². The molecule has 21 heavy (non-hydrogen) atoms.